The summed E-state index contributed by atoms with van der Waals surface area (Å²) >= 11 is 0. The van der Waals surface area contributed by atoms with Gasteiger partial charge in [0.2, 0.25) is 0 Å². The van der Waals surface area contributed by atoms with Crippen molar-refractivity contribution in [2.75, 3.05) is 42.3 Å². The molecule has 0 amide bonds. The van der Waals surface area contributed by atoms with Gasteiger partial charge in [-0.2, -0.15) is 13.2 Å². The van der Waals surface area contributed by atoms with Gasteiger partial charge in [0, 0.05) is 19.6 Å². The summed E-state index contributed by atoms with van der Waals surface area (Å²) in [5.41, 5.74) is 1.75. The summed E-state index contributed by atoms with van der Waals surface area (Å²) in [6.07, 6.45) is 0.942. The Kier molecular flexibility index (Phi) is 10.0. The Bertz CT molecular complexity index is 1330. The first kappa shape index (κ1) is 31.1. The maximum Gasteiger partial charge on any atom is 0.490 e. The van der Waals surface area contributed by atoms with Crippen molar-refractivity contribution in [3.05, 3.63) is 47.2 Å². The number of aliphatic carboxylic acids is 1. The molecule has 10 nitrogen and oxygen atoms in total. The van der Waals surface area contributed by atoms with E-state index in [1.54, 1.807) is 25.1 Å². The molecule has 2 aliphatic heterocycles. The van der Waals surface area contributed by atoms with E-state index in [4.69, 9.17) is 9.90 Å². The molecule has 14 heteroatoms. The van der Waals surface area contributed by atoms with Gasteiger partial charge < -0.3 is 20.0 Å². The van der Waals surface area contributed by atoms with Crippen molar-refractivity contribution >= 4 is 33.5 Å². The number of carboxylic acid groups (broad SMARTS) is 2. The van der Waals surface area contributed by atoms with Gasteiger partial charge in [-0.05, 0) is 76.2 Å². The first-order valence-corrected chi connectivity index (χ1v) is 14.3. The van der Waals surface area contributed by atoms with Gasteiger partial charge >= 0.3 is 18.1 Å². The first-order valence-electron chi connectivity index (χ1n) is 12.8. The molecule has 2 saturated heterocycles. The number of sulfonamides is 1. The quantitative estimate of drug-likeness (QED) is 0.437. The molecule has 0 aliphatic carbocycles. The molecular formula is C26H33F3N4O6S. The van der Waals surface area contributed by atoms with Crippen LogP contribution in [0.3, 0.4) is 0 Å². The summed E-state index contributed by atoms with van der Waals surface area (Å²) in [5, 5.41) is 17.0. The van der Waals surface area contributed by atoms with Gasteiger partial charge in [-0.3, -0.25) is 4.72 Å². The number of likely N-dealkylation sites (tertiary alicyclic amines) is 1. The lowest BCUT2D eigenvalue weighted by molar-refractivity contribution is -0.192. The van der Waals surface area contributed by atoms with Crippen molar-refractivity contribution in [2.24, 2.45) is 5.92 Å². The van der Waals surface area contributed by atoms with E-state index in [1.165, 1.54) is 25.1 Å². The monoisotopic (exact) mass is 586 g/mol. The molecule has 2 fully saturated rings. The summed E-state index contributed by atoms with van der Waals surface area (Å²) in [4.78, 5) is 30.0. The number of nitrogens with zero attached hydrogens (tertiary/aromatic N) is 3. The topological polar surface area (TPSA) is 140 Å². The van der Waals surface area contributed by atoms with Gasteiger partial charge in [0.1, 0.15) is 11.4 Å². The highest BCUT2D eigenvalue weighted by Crippen LogP contribution is 2.29. The average molecular weight is 587 g/mol. The molecule has 0 radical (unpaired) electrons. The summed E-state index contributed by atoms with van der Waals surface area (Å²) in [5.74, 6) is -3.00. The minimum Gasteiger partial charge on any atom is -0.478 e. The van der Waals surface area contributed by atoms with Crippen LogP contribution in [0.2, 0.25) is 0 Å². The molecule has 220 valence electrons. The van der Waals surface area contributed by atoms with E-state index in [0.717, 1.165) is 51.1 Å². The van der Waals surface area contributed by atoms with Gasteiger partial charge in [0.25, 0.3) is 10.0 Å². The van der Waals surface area contributed by atoms with E-state index < -0.39 is 28.1 Å². The number of carbonyl (C=O) groups is 2. The molecule has 4 rings (SSSR count). The maximum atomic E-state index is 12.9. The van der Waals surface area contributed by atoms with Crippen LogP contribution in [0.5, 0.6) is 0 Å². The molecule has 2 aromatic rings. The van der Waals surface area contributed by atoms with E-state index in [1.807, 2.05) is 11.8 Å². The maximum absolute atomic E-state index is 12.9. The molecule has 1 aromatic carbocycles. The average Bonchev–Trinajstić information content (AvgIpc) is 3.36. The number of pyridine rings is 1. The molecule has 1 atom stereocenters. The molecule has 0 saturated carbocycles. The van der Waals surface area contributed by atoms with Crippen LogP contribution >= 0.6 is 0 Å². The number of carboxylic acids is 2. The molecule has 40 heavy (non-hydrogen) atoms. The molecule has 3 heterocycles. The molecule has 3 N–H and O–H groups in total. The second-order valence-corrected chi connectivity index (χ2v) is 11.7. The van der Waals surface area contributed by atoms with Crippen LogP contribution in [-0.2, 0) is 14.8 Å². The highest BCUT2D eigenvalue weighted by molar-refractivity contribution is 7.92. The van der Waals surface area contributed by atoms with Gasteiger partial charge in [-0.15, -0.1) is 0 Å². The Morgan fingerprint density at radius 2 is 1.73 bits per heavy atom. The Morgan fingerprint density at radius 1 is 1.07 bits per heavy atom. The van der Waals surface area contributed by atoms with Crippen molar-refractivity contribution in [3.63, 3.8) is 0 Å². The van der Waals surface area contributed by atoms with E-state index in [0.29, 0.717) is 17.3 Å². The number of halogens is 3. The lowest BCUT2D eigenvalue weighted by atomic mass is 9.97. The Hall–Kier alpha value is -3.39. The number of nitrogens with one attached hydrogen (secondary N) is 1. The molecule has 1 aromatic heterocycles. The van der Waals surface area contributed by atoms with Crippen molar-refractivity contribution in [1.29, 1.82) is 0 Å². The number of aromatic carboxylic acids is 1. The Balaban J connectivity index is 0.000000559. The van der Waals surface area contributed by atoms with Crippen LogP contribution in [0.15, 0.2) is 35.4 Å². The van der Waals surface area contributed by atoms with Crippen LogP contribution in [-0.4, -0.2) is 79.4 Å². The lowest BCUT2D eigenvalue weighted by Crippen LogP contribution is -2.41. The highest BCUT2D eigenvalue weighted by atomic mass is 32.2. The minimum atomic E-state index is -5.08. The van der Waals surface area contributed by atoms with Gasteiger partial charge in [0.05, 0.1) is 16.8 Å². The number of anilines is 2. The molecular weight excluding hydrogens is 553 g/mol. The third-order valence-electron chi connectivity index (χ3n) is 6.75. The number of alkyl halides is 3. The number of benzene rings is 1. The van der Waals surface area contributed by atoms with E-state index in [2.05, 4.69) is 14.6 Å². The molecule has 1 unspecified atom stereocenters. The SMILES string of the molecule is Cc1ccc(S(=O)(=O)Nc2cnc(N3CCCC(CN4CCCC4)C3)c(C(=O)O)c2)c(C)c1.O=C(O)C(F)(F)F. The lowest BCUT2D eigenvalue weighted by Gasteiger charge is -2.36. The second-order valence-electron chi connectivity index (χ2n) is 10.0. The zero-order valence-electron chi connectivity index (χ0n) is 22.2. The molecule has 0 spiro atoms. The van der Waals surface area contributed by atoms with E-state index in [9.17, 15) is 31.5 Å². The fourth-order valence-electron chi connectivity index (χ4n) is 4.97. The van der Waals surface area contributed by atoms with Crippen LogP contribution in [0.1, 0.15) is 47.2 Å². The van der Waals surface area contributed by atoms with Crippen LogP contribution < -0.4 is 9.62 Å². The van der Waals surface area contributed by atoms with Crippen molar-refractivity contribution in [3.8, 4) is 0 Å². The van der Waals surface area contributed by atoms with Crippen LogP contribution in [0, 0.1) is 19.8 Å². The number of piperidine rings is 1. The predicted molar refractivity (Wildman–Crippen MR) is 142 cm³/mol. The van der Waals surface area contributed by atoms with Crippen molar-refractivity contribution in [1.82, 2.24) is 9.88 Å². The smallest absolute Gasteiger partial charge is 0.478 e. The third-order valence-corrected chi connectivity index (χ3v) is 8.29. The number of hydrogen-bond donors (Lipinski definition) is 3. The van der Waals surface area contributed by atoms with Crippen molar-refractivity contribution < 1.29 is 41.4 Å². The first-order chi connectivity index (χ1) is 18.7. The zero-order chi connectivity index (χ0) is 29.7. The van der Waals surface area contributed by atoms with Gasteiger partial charge in [-0.1, -0.05) is 17.7 Å². The predicted octanol–water partition coefficient (Wildman–Crippen LogP) is 4.14. The largest absolute Gasteiger partial charge is 0.490 e. The summed E-state index contributed by atoms with van der Waals surface area (Å²) in [6, 6.07) is 6.46. The summed E-state index contributed by atoms with van der Waals surface area (Å²) in [7, 11) is -3.87. The normalized spacial score (nSPS) is 18.1. The number of rotatable bonds is 7. The molecule has 2 aliphatic rings. The zero-order valence-corrected chi connectivity index (χ0v) is 23.1. The number of hydrogen-bond acceptors (Lipinski definition) is 7. The summed E-state index contributed by atoms with van der Waals surface area (Å²) in [6.45, 7) is 8.46. The Morgan fingerprint density at radius 3 is 2.30 bits per heavy atom. The number of aromatic nitrogens is 1. The number of aryl methyl sites for hydroxylation is 2. The highest BCUT2D eigenvalue weighted by Gasteiger charge is 2.38. The van der Waals surface area contributed by atoms with Gasteiger partial charge in [-0.25, -0.2) is 23.0 Å². The fourth-order valence-corrected chi connectivity index (χ4v) is 6.23. The van der Waals surface area contributed by atoms with E-state index in [-0.39, 0.29) is 16.1 Å². The van der Waals surface area contributed by atoms with Crippen LogP contribution in [0.25, 0.3) is 0 Å². The van der Waals surface area contributed by atoms with E-state index >= 15 is 0 Å². The standard InChI is InChI=1S/C24H32N4O4S.C2HF3O2/c1-17-7-8-22(18(2)12-17)33(31,32)26-20-13-21(24(29)30)23(25-14-20)28-11-5-6-19(16-28)15-27-9-3-4-10-27;3-2(4,5)1(6)7/h7-8,12-14,19,26H,3-6,9-11,15-16H2,1-2H3,(H,29,30);(H,6,7). The molecule has 0 bridgehead atoms. The van der Waals surface area contributed by atoms with Crippen molar-refractivity contribution in [2.45, 2.75) is 50.6 Å². The Labute approximate surface area is 230 Å². The van der Waals surface area contributed by atoms with Crippen LogP contribution in [0.4, 0.5) is 24.7 Å². The third kappa shape index (κ3) is 8.31. The van der Waals surface area contributed by atoms with Gasteiger partial charge in [0.15, 0.2) is 0 Å². The summed E-state index contributed by atoms with van der Waals surface area (Å²) < 4.78 is 60.1. The second kappa shape index (κ2) is 12.9. The fraction of sp³-hybridized carbons (Fsp3) is 0.500. The minimum absolute atomic E-state index is 0.0117.